The van der Waals surface area contributed by atoms with Gasteiger partial charge in [-0.05, 0) is 32.7 Å². The lowest BCUT2D eigenvalue weighted by molar-refractivity contribution is -0.140. The molecule has 0 aromatic carbocycles. The molecule has 2 fully saturated rings. The van der Waals surface area contributed by atoms with Crippen molar-refractivity contribution in [2.45, 2.75) is 51.1 Å². The first-order valence-electron chi connectivity index (χ1n) is 12.6. The maximum Gasteiger partial charge on any atom is 0.272 e. The summed E-state index contributed by atoms with van der Waals surface area (Å²) in [5.74, 6) is 0.173. The summed E-state index contributed by atoms with van der Waals surface area (Å²) in [5.41, 5.74) is 0.436. The molecule has 0 spiro atoms. The minimum Gasteiger partial charge on any atom is -0.474 e. The lowest BCUT2D eigenvalue weighted by Gasteiger charge is -2.39. The Morgan fingerprint density at radius 2 is 1.74 bits per heavy atom. The van der Waals surface area contributed by atoms with Crippen LogP contribution in [0.25, 0.3) is 0 Å². The molecule has 11 heteroatoms. The number of aromatic nitrogens is 2. The van der Waals surface area contributed by atoms with E-state index >= 15 is 0 Å². The van der Waals surface area contributed by atoms with Crippen LogP contribution in [0, 0.1) is 5.92 Å². The van der Waals surface area contributed by atoms with Gasteiger partial charge < -0.3 is 29.9 Å². The molecule has 0 unspecified atom stereocenters. The Bertz CT molecular complexity index is 861. The molecule has 3 rings (SSSR count). The van der Waals surface area contributed by atoms with Crippen molar-refractivity contribution in [3.8, 4) is 5.88 Å². The van der Waals surface area contributed by atoms with Gasteiger partial charge in [0.15, 0.2) is 0 Å². The van der Waals surface area contributed by atoms with Crippen molar-refractivity contribution >= 4 is 17.7 Å². The van der Waals surface area contributed by atoms with Crippen LogP contribution in [-0.2, 0) is 21.4 Å². The third-order valence-electron chi connectivity index (χ3n) is 7.00. The van der Waals surface area contributed by atoms with Crippen molar-refractivity contribution in [2.24, 2.45) is 13.0 Å². The summed E-state index contributed by atoms with van der Waals surface area (Å²) >= 11 is 0. The maximum atomic E-state index is 13.5. The lowest BCUT2D eigenvalue weighted by Crippen LogP contribution is -2.59. The fourth-order valence-corrected chi connectivity index (χ4v) is 4.69. The van der Waals surface area contributed by atoms with E-state index in [-0.39, 0.29) is 29.7 Å². The van der Waals surface area contributed by atoms with Crippen LogP contribution in [0.3, 0.4) is 0 Å². The van der Waals surface area contributed by atoms with Crippen LogP contribution in [0.15, 0.2) is 6.07 Å². The topological polar surface area (TPSA) is 118 Å². The maximum absolute atomic E-state index is 13.5. The number of amides is 3. The molecule has 196 valence electrons. The second-order valence-corrected chi connectivity index (χ2v) is 9.34. The van der Waals surface area contributed by atoms with E-state index in [2.05, 4.69) is 15.7 Å². The van der Waals surface area contributed by atoms with Crippen molar-refractivity contribution in [2.75, 3.05) is 53.6 Å². The number of nitrogens with zero attached hydrogens (tertiary/aromatic N) is 4. The predicted molar refractivity (Wildman–Crippen MR) is 130 cm³/mol. The Kier molecular flexibility index (Phi) is 9.91. The number of aryl methyl sites for hydroxylation is 1. The van der Waals surface area contributed by atoms with Gasteiger partial charge in [0.2, 0.25) is 17.7 Å². The monoisotopic (exact) mass is 492 g/mol. The van der Waals surface area contributed by atoms with Crippen LogP contribution in [-0.4, -0.2) is 103 Å². The normalized spacial score (nSPS) is 18.7. The minimum atomic E-state index is -0.523. The van der Waals surface area contributed by atoms with Crippen LogP contribution in [0.5, 0.6) is 5.88 Å². The number of carbonyl (C=O) groups excluding carboxylic acids is 3. The number of hydrogen-bond donors (Lipinski definition) is 2. The van der Waals surface area contributed by atoms with E-state index in [9.17, 15) is 14.4 Å². The number of ether oxygens (including phenoxy) is 2. The van der Waals surface area contributed by atoms with Gasteiger partial charge in [0.05, 0.1) is 12.6 Å². The van der Waals surface area contributed by atoms with Gasteiger partial charge in [-0.25, -0.2) is 0 Å². The molecule has 3 amide bonds. The largest absolute Gasteiger partial charge is 0.474 e. The van der Waals surface area contributed by atoms with Gasteiger partial charge in [0, 0.05) is 46.4 Å². The predicted octanol–water partition coefficient (Wildman–Crippen LogP) is 0.403. The van der Waals surface area contributed by atoms with E-state index < -0.39 is 6.04 Å². The number of likely N-dealkylation sites (N-methyl/N-ethyl adjacent to an activating group) is 1. The van der Waals surface area contributed by atoms with Crippen molar-refractivity contribution in [3.05, 3.63) is 11.8 Å². The fourth-order valence-electron chi connectivity index (χ4n) is 4.69. The number of carbonyl (C=O) groups is 3. The molecule has 1 saturated carbocycles. The molecular weight excluding hydrogens is 452 g/mol. The Morgan fingerprint density at radius 3 is 2.37 bits per heavy atom. The average Bonchev–Trinajstić information content (AvgIpc) is 3.26. The first-order chi connectivity index (χ1) is 16.8. The highest BCUT2D eigenvalue weighted by Crippen LogP contribution is 2.28. The highest BCUT2D eigenvalue weighted by Gasteiger charge is 2.36. The summed E-state index contributed by atoms with van der Waals surface area (Å²) in [5, 5.41) is 10.2. The van der Waals surface area contributed by atoms with Gasteiger partial charge in [0.25, 0.3) is 5.91 Å². The van der Waals surface area contributed by atoms with E-state index in [1.54, 1.807) is 44.0 Å². The first kappa shape index (κ1) is 26.9. The van der Waals surface area contributed by atoms with Gasteiger partial charge in [-0.15, -0.1) is 5.10 Å². The Labute approximate surface area is 207 Å². The Morgan fingerprint density at radius 1 is 1.09 bits per heavy atom. The molecule has 2 atom stereocenters. The molecule has 1 aliphatic heterocycles. The van der Waals surface area contributed by atoms with Crippen molar-refractivity contribution in [3.63, 3.8) is 0 Å². The van der Waals surface area contributed by atoms with Gasteiger partial charge in [-0.3, -0.25) is 19.1 Å². The average molecular weight is 493 g/mol. The zero-order chi connectivity index (χ0) is 25.4. The quantitative estimate of drug-likeness (QED) is 0.454. The molecule has 2 aliphatic rings. The summed E-state index contributed by atoms with van der Waals surface area (Å²) in [6, 6.07) is 0.739. The summed E-state index contributed by atoms with van der Waals surface area (Å²) in [4.78, 5) is 42.7. The fraction of sp³-hybridized carbons (Fsp3) is 0.750. The number of piperazine rings is 1. The molecule has 1 aromatic heterocycles. The summed E-state index contributed by atoms with van der Waals surface area (Å²) in [6.07, 6.45) is 5.22. The standard InChI is InChI=1S/C24H40N6O5/c1-17(25-2)22(31)26-21(18-8-6-5-7-9-18)24(33)30-12-10-29(11-13-30)23(32)19-16-20(27-28(19)3)35-15-14-34-4/h16-18,21,25H,5-15H2,1-4H3,(H,26,31)/t17-,21-/m0/s1. The van der Waals surface area contributed by atoms with Crippen LogP contribution < -0.4 is 15.4 Å². The Hall–Kier alpha value is -2.66. The SMILES string of the molecule is CN[C@@H](C)C(=O)N[C@H](C(=O)N1CCN(C(=O)c2cc(OCCOC)nn2C)CC1)C1CCCCC1. The van der Waals surface area contributed by atoms with Crippen LogP contribution in [0.1, 0.15) is 49.5 Å². The van der Waals surface area contributed by atoms with Crippen LogP contribution in [0.4, 0.5) is 0 Å². The molecule has 35 heavy (non-hydrogen) atoms. The number of hydrogen-bond acceptors (Lipinski definition) is 7. The highest BCUT2D eigenvalue weighted by atomic mass is 16.5. The number of nitrogens with one attached hydrogen (secondary N) is 2. The van der Waals surface area contributed by atoms with Crippen molar-refractivity contribution in [1.82, 2.24) is 30.2 Å². The molecule has 0 bridgehead atoms. The Balaban J connectivity index is 1.61. The molecule has 2 heterocycles. The second-order valence-electron chi connectivity index (χ2n) is 9.34. The minimum absolute atomic E-state index is 0.0463. The molecule has 1 aromatic rings. The molecular formula is C24H40N6O5. The van der Waals surface area contributed by atoms with Gasteiger partial charge >= 0.3 is 0 Å². The van der Waals surface area contributed by atoms with Gasteiger partial charge in [-0.1, -0.05) is 19.3 Å². The van der Waals surface area contributed by atoms with E-state index in [4.69, 9.17) is 9.47 Å². The number of rotatable bonds is 10. The summed E-state index contributed by atoms with van der Waals surface area (Å²) in [7, 11) is 5.03. The first-order valence-corrected chi connectivity index (χ1v) is 12.6. The summed E-state index contributed by atoms with van der Waals surface area (Å²) < 4.78 is 12.0. The molecule has 1 saturated heterocycles. The molecule has 11 nitrogen and oxygen atoms in total. The molecule has 1 aliphatic carbocycles. The molecule has 2 N–H and O–H groups in total. The second kappa shape index (κ2) is 12.9. The number of methoxy groups -OCH3 is 1. The van der Waals surface area contributed by atoms with E-state index in [1.807, 2.05) is 0 Å². The van der Waals surface area contributed by atoms with Gasteiger partial charge in [0.1, 0.15) is 18.3 Å². The smallest absolute Gasteiger partial charge is 0.272 e. The lowest BCUT2D eigenvalue weighted by atomic mass is 9.83. The zero-order valence-corrected chi connectivity index (χ0v) is 21.4. The summed E-state index contributed by atoms with van der Waals surface area (Å²) in [6.45, 7) is 4.29. The van der Waals surface area contributed by atoms with Gasteiger partial charge in [-0.2, -0.15) is 0 Å². The van der Waals surface area contributed by atoms with Crippen molar-refractivity contribution in [1.29, 1.82) is 0 Å². The van der Waals surface area contributed by atoms with Crippen LogP contribution >= 0.6 is 0 Å². The van der Waals surface area contributed by atoms with Crippen molar-refractivity contribution < 1.29 is 23.9 Å². The zero-order valence-electron chi connectivity index (χ0n) is 21.4. The molecule has 0 radical (unpaired) electrons. The van der Waals surface area contributed by atoms with Crippen LogP contribution in [0.2, 0.25) is 0 Å². The highest BCUT2D eigenvalue weighted by molar-refractivity contribution is 5.93. The van der Waals surface area contributed by atoms with E-state index in [0.29, 0.717) is 51.0 Å². The van der Waals surface area contributed by atoms with E-state index in [0.717, 1.165) is 25.7 Å². The van der Waals surface area contributed by atoms with E-state index in [1.165, 1.54) is 11.1 Å². The third-order valence-corrected chi connectivity index (χ3v) is 7.00. The third kappa shape index (κ3) is 6.94.